The van der Waals surface area contributed by atoms with Crippen molar-refractivity contribution < 1.29 is 91.6 Å². The van der Waals surface area contributed by atoms with E-state index in [9.17, 15) is 30.0 Å². The lowest BCUT2D eigenvalue weighted by molar-refractivity contribution is -0.347. The molecule has 4 heterocycles. The fourth-order valence-electron chi connectivity index (χ4n) is 14.6. The predicted molar refractivity (Wildman–Crippen MR) is 269 cm³/mol. The second-order valence-corrected chi connectivity index (χ2v) is 23.9. The number of methoxy groups -OCH3 is 4. The molecule has 24 unspecified atom stereocenters. The highest BCUT2D eigenvalue weighted by Gasteiger charge is 2.81. The van der Waals surface area contributed by atoms with E-state index in [1.54, 1.807) is 42.3 Å². The maximum atomic E-state index is 13.6. The zero-order valence-corrected chi connectivity index (χ0v) is 46.9. The molecule has 428 valence electrons. The number of aliphatic hydroxyl groups excluding tert-OH is 1. The number of Topliss-reactive ketones (excluding diaryl/α,β-unsaturated/α-hetero) is 1. The van der Waals surface area contributed by atoms with E-state index in [-0.39, 0.29) is 43.8 Å². The van der Waals surface area contributed by atoms with Gasteiger partial charge in [-0.05, 0) is 105 Å². The molecule has 0 spiro atoms. The van der Waals surface area contributed by atoms with Gasteiger partial charge >= 0.3 is 5.97 Å². The summed E-state index contributed by atoms with van der Waals surface area (Å²) in [5, 5.41) is 48.5. The molecule has 19 heteroatoms. The molecule has 8 rings (SSSR count). The number of allylic oxidation sites excluding steroid dienone is 1. The first kappa shape index (κ1) is 59.1. The average Bonchev–Trinajstić information content (AvgIpc) is 3.59. The highest BCUT2D eigenvalue weighted by molar-refractivity contribution is 5.87. The molecule has 3 saturated carbocycles. The molecule has 19 nitrogen and oxygen atoms in total. The summed E-state index contributed by atoms with van der Waals surface area (Å²) in [7, 11) is 6.49. The van der Waals surface area contributed by atoms with Gasteiger partial charge in [0.15, 0.2) is 30.9 Å². The third-order valence-electron chi connectivity index (χ3n) is 19.6. The first-order valence-corrected chi connectivity index (χ1v) is 27.6. The fraction of sp³-hybridized carbons (Fsp3) is 0.893. The van der Waals surface area contributed by atoms with Crippen LogP contribution in [0.4, 0.5) is 0 Å². The molecule has 7 fully saturated rings. The summed E-state index contributed by atoms with van der Waals surface area (Å²) < 4.78 is 81.6. The average molecular weight is 1070 g/mol. The number of aliphatic hydroxyl groups is 4. The molecule has 0 bridgehead atoms. The monoisotopic (exact) mass is 1070 g/mol. The van der Waals surface area contributed by atoms with Gasteiger partial charge in [-0.1, -0.05) is 38.0 Å². The standard InChI is InChI=1S/C56H90O19/c1-28(2)29(3)21-43(58)72-42-27-41-52(9)17-16-36(22-35(52)15-18-55(41,61)56(62)20-19-54(60,34(8)57)53(42,56)10)71-44-24-38(64-12)49(31(5)68-44)74-46-26-40(66-14)51(33(7)70-46)75-47-25-39(65-13)50(32(6)69-47)73-45-23-37(63-11)48(59)30(4)67-45/h15,21,28,30-33,36-42,44-51,59-62H,16-20,22-27H2,1-14H3. The summed E-state index contributed by atoms with van der Waals surface area (Å²) in [6.45, 7) is 18.4. The molecule has 4 aliphatic carbocycles. The van der Waals surface area contributed by atoms with Gasteiger partial charge in [0, 0.05) is 66.1 Å². The minimum Gasteiger partial charge on any atom is -0.458 e. The number of carbonyl (C=O) groups is 2. The third kappa shape index (κ3) is 10.6. The van der Waals surface area contributed by atoms with Crippen molar-refractivity contribution in [1.82, 2.24) is 0 Å². The van der Waals surface area contributed by atoms with Gasteiger partial charge in [0.05, 0.1) is 60.4 Å². The van der Waals surface area contributed by atoms with Crippen molar-refractivity contribution >= 4 is 11.8 Å². The Kier molecular flexibility index (Phi) is 18.0. The summed E-state index contributed by atoms with van der Waals surface area (Å²) >= 11 is 0. The molecule has 0 radical (unpaired) electrons. The molecule has 0 aromatic carbocycles. The fourth-order valence-corrected chi connectivity index (χ4v) is 14.6. The van der Waals surface area contributed by atoms with Gasteiger partial charge in [-0.3, -0.25) is 4.79 Å². The van der Waals surface area contributed by atoms with Gasteiger partial charge in [0.25, 0.3) is 0 Å². The Bertz CT molecular complexity index is 2070. The largest absolute Gasteiger partial charge is 0.458 e. The molecular weight excluding hydrogens is 977 g/mol. The van der Waals surface area contributed by atoms with Gasteiger partial charge in [0.1, 0.15) is 47.3 Å². The van der Waals surface area contributed by atoms with Crippen LogP contribution in [0, 0.1) is 22.7 Å². The second-order valence-electron chi connectivity index (χ2n) is 23.9. The van der Waals surface area contributed by atoms with Crippen molar-refractivity contribution in [3.8, 4) is 0 Å². The highest BCUT2D eigenvalue weighted by Crippen LogP contribution is 2.71. The van der Waals surface area contributed by atoms with E-state index >= 15 is 0 Å². The molecule has 0 aromatic heterocycles. The van der Waals surface area contributed by atoms with E-state index in [0.29, 0.717) is 44.9 Å². The predicted octanol–water partition coefficient (Wildman–Crippen LogP) is 5.12. The maximum Gasteiger partial charge on any atom is 0.330 e. The lowest BCUT2D eigenvalue weighted by Crippen LogP contribution is -2.78. The van der Waals surface area contributed by atoms with Crippen molar-refractivity contribution in [2.24, 2.45) is 22.7 Å². The highest BCUT2D eigenvalue weighted by atomic mass is 16.8. The second kappa shape index (κ2) is 22.8. The van der Waals surface area contributed by atoms with E-state index in [2.05, 4.69) is 6.92 Å². The quantitative estimate of drug-likeness (QED) is 0.0892. The Morgan fingerprint density at radius 1 is 0.667 bits per heavy atom. The molecule has 0 aromatic rings. The van der Waals surface area contributed by atoms with E-state index < -0.39 is 144 Å². The third-order valence-corrected chi connectivity index (χ3v) is 19.6. The lowest BCUT2D eigenvalue weighted by Gasteiger charge is -2.67. The van der Waals surface area contributed by atoms with E-state index in [4.69, 9.17) is 61.6 Å². The smallest absolute Gasteiger partial charge is 0.330 e. The van der Waals surface area contributed by atoms with Crippen molar-refractivity contribution in [2.45, 2.75) is 267 Å². The zero-order chi connectivity index (χ0) is 54.7. The van der Waals surface area contributed by atoms with Crippen LogP contribution in [0.2, 0.25) is 0 Å². The Morgan fingerprint density at radius 3 is 1.60 bits per heavy atom. The molecule has 4 saturated heterocycles. The summed E-state index contributed by atoms with van der Waals surface area (Å²) in [6, 6.07) is 0. The summed E-state index contributed by atoms with van der Waals surface area (Å²) in [4.78, 5) is 26.9. The number of ketones is 1. The Balaban J connectivity index is 0.877. The molecule has 0 amide bonds. The molecule has 8 aliphatic rings. The van der Waals surface area contributed by atoms with Gasteiger partial charge in [-0.2, -0.15) is 0 Å². The lowest BCUT2D eigenvalue weighted by atomic mass is 9.42. The number of hydrogen-bond acceptors (Lipinski definition) is 19. The molecule has 24 atom stereocenters. The summed E-state index contributed by atoms with van der Waals surface area (Å²) in [5.74, 6) is -1.61. The summed E-state index contributed by atoms with van der Waals surface area (Å²) in [6.07, 6.45) is -2.49. The van der Waals surface area contributed by atoms with Crippen LogP contribution in [0.25, 0.3) is 0 Å². The molecule has 4 N–H and O–H groups in total. The first-order valence-electron chi connectivity index (χ1n) is 27.6. The van der Waals surface area contributed by atoms with Crippen LogP contribution in [0.5, 0.6) is 0 Å². The number of esters is 1. The van der Waals surface area contributed by atoms with E-state index in [0.717, 1.165) is 11.1 Å². The van der Waals surface area contributed by atoms with Crippen LogP contribution < -0.4 is 0 Å². The number of rotatable bonds is 16. The van der Waals surface area contributed by atoms with Crippen molar-refractivity contribution in [1.29, 1.82) is 0 Å². The normalized spacial score (nSPS) is 49.3. The van der Waals surface area contributed by atoms with Crippen molar-refractivity contribution in [2.75, 3.05) is 28.4 Å². The number of carbonyl (C=O) groups excluding carboxylic acids is 2. The van der Waals surface area contributed by atoms with E-state index in [1.165, 1.54) is 13.0 Å². The van der Waals surface area contributed by atoms with Gasteiger partial charge in [-0.15, -0.1) is 0 Å². The SMILES string of the molecule is COC1CC(OC2C(C)OC(OC3C(C)OC(OC4C(C)OC(OC5CCC6(C)C(=CCC7(O)C6CC(OC(=O)C=C(C)C(C)C)C6(C)C(O)(C(C)=O)CCC76O)C5)CC4OC)CC3OC)CC2OC)OC(C)C1O. The van der Waals surface area contributed by atoms with Crippen LogP contribution >= 0.6 is 0 Å². The van der Waals surface area contributed by atoms with Crippen LogP contribution in [0.1, 0.15) is 140 Å². The van der Waals surface area contributed by atoms with Crippen LogP contribution in [-0.2, 0) is 71.2 Å². The Labute approximate surface area is 443 Å². The van der Waals surface area contributed by atoms with Gasteiger partial charge < -0.3 is 82.0 Å². The van der Waals surface area contributed by atoms with Crippen LogP contribution in [-0.4, -0.2) is 188 Å². The van der Waals surface area contributed by atoms with Crippen molar-refractivity contribution in [3.05, 3.63) is 23.3 Å². The molecule has 75 heavy (non-hydrogen) atoms. The topological polar surface area (TPSA) is 235 Å². The van der Waals surface area contributed by atoms with Crippen LogP contribution in [0.15, 0.2) is 23.3 Å². The van der Waals surface area contributed by atoms with Gasteiger partial charge in [0.2, 0.25) is 0 Å². The first-order chi connectivity index (χ1) is 35.3. The number of fused-ring (bicyclic) bond motifs is 5. The number of ether oxygens (including phenoxy) is 13. The van der Waals surface area contributed by atoms with Gasteiger partial charge in [-0.25, -0.2) is 4.79 Å². The zero-order valence-electron chi connectivity index (χ0n) is 46.9. The van der Waals surface area contributed by atoms with E-state index in [1.807, 2.05) is 47.6 Å². The minimum atomic E-state index is -2.02. The summed E-state index contributed by atoms with van der Waals surface area (Å²) in [5.41, 5.74) is -6.10. The molecular formula is C56H90O19. The Morgan fingerprint density at radius 2 is 1.13 bits per heavy atom. The Hall–Kier alpha value is -2.02. The van der Waals surface area contributed by atoms with Crippen LogP contribution in [0.3, 0.4) is 0 Å². The number of hydrogen-bond donors (Lipinski definition) is 4. The van der Waals surface area contributed by atoms with Crippen molar-refractivity contribution in [3.63, 3.8) is 0 Å². The minimum absolute atomic E-state index is 0.0344. The maximum absolute atomic E-state index is 13.6. The molecule has 4 aliphatic heterocycles.